The molecule has 1 unspecified atom stereocenters. The second kappa shape index (κ2) is 12.6. The van der Waals surface area contributed by atoms with E-state index in [1.807, 2.05) is 0 Å². The summed E-state index contributed by atoms with van der Waals surface area (Å²) in [6.07, 6.45) is 2.79. The number of hydrogen-bond acceptors (Lipinski definition) is 3. The minimum atomic E-state index is -0.788. The molecule has 1 heterocycles. The van der Waals surface area contributed by atoms with Gasteiger partial charge >= 0.3 is 5.97 Å². The van der Waals surface area contributed by atoms with Gasteiger partial charge in [0.15, 0.2) is 0 Å². The van der Waals surface area contributed by atoms with Gasteiger partial charge in [0.2, 0.25) is 0 Å². The number of nitrogens with one attached hydrogen (secondary N) is 1. The lowest BCUT2D eigenvalue weighted by atomic mass is 9.98. The average molecular weight is 488 g/mol. The number of quaternary nitrogens is 1. The molecule has 0 spiro atoms. The second-order valence-electron chi connectivity index (χ2n) is 7.70. The minimum Gasteiger partial charge on any atom is -1.00 e. The molecule has 0 aromatic heterocycles. The van der Waals surface area contributed by atoms with Crippen LogP contribution in [0.25, 0.3) is 5.57 Å². The van der Waals surface area contributed by atoms with Gasteiger partial charge in [0.05, 0.1) is 26.0 Å². The summed E-state index contributed by atoms with van der Waals surface area (Å²) in [7, 11) is 0. The third-order valence-electron chi connectivity index (χ3n) is 5.45. The number of esters is 1. The second-order valence-corrected chi connectivity index (χ2v) is 7.70. The molecule has 0 radical (unpaired) electrons. The van der Waals surface area contributed by atoms with Crippen molar-refractivity contribution in [2.45, 2.75) is 19.8 Å². The Hall–Kier alpha value is -2.58. The largest absolute Gasteiger partial charge is 1.00 e. The van der Waals surface area contributed by atoms with Crippen LogP contribution in [-0.2, 0) is 14.3 Å². The molecule has 0 amide bonds. The molecule has 1 aliphatic heterocycles. The van der Waals surface area contributed by atoms with Gasteiger partial charge in [0.1, 0.15) is 42.3 Å². The van der Waals surface area contributed by atoms with E-state index < -0.39 is 23.3 Å². The Morgan fingerprint density at radius 3 is 2.24 bits per heavy atom. The molecule has 4 nitrogen and oxygen atoms in total. The van der Waals surface area contributed by atoms with Crippen molar-refractivity contribution in [3.05, 3.63) is 77.1 Å². The predicted octanol–water partition coefficient (Wildman–Crippen LogP) is 0.511. The minimum absolute atomic E-state index is 0. The third-order valence-corrected chi connectivity index (χ3v) is 5.45. The summed E-state index contributed by atoms with van der Waals surface area (Å²) in [6.45, 7) is 4.35. The van der Waals surface area contributed by atoms with E-state index in [1.54, 1.807) is 6.92 Å². The van der Waals surface area contributed by atoms with Crippen LogP contribution in [0.2, 0.25) is 0 Å². The van der Waals surface area contributed by atoms with Crippen LogP contribution >= 0.6 is 0 Å². The lowest BCUT2D eigenvalue weighted by Crippen LogP contribution is -3.14. The molecule has 180 valence electrons. The molecule has 33 heavy (non-hydrogen) atoms. The molecule has 2 aromatic carbocycles. The molecule has 3 rings (SSSR count). The Morgan fingerprint density at radius 1 is 1.06 bits per heavy atom. The first-order chi connectivity index (χ1) is 15.4. The van der Waals surface area contributed by atoms with Crippen LogP contribution in [0.4, 0.5) is 17.6 Å². The van der Waals surface area contributed by atoms with E-state index in [-0.39, 0.29) is 47.6 Å². The van der Waals surface area contributed by atoms with E-state index in [0.717, 1.165) is 66.9 Å². The normalized spacial score (nSPS) is 17.6. The summed E-state index contributed by atoms with van der Waals surface area (Å²) >= 11 is 0. The van der Waals surface area contributed by atoms with Crippen molar-refractivity contribution < 1.29 is 49.1 Å². The summed E-state index contributed by atoms with van der Waals surface area (Å²) in [6, 6.07) is 5.55. The highest BCUT2D eigenvalue weighted by molar-refractivity contribution is 5.79. The highest BCUT2D eigenvalue weighted by atomic mass is 35.5. The Morgan fingerprint density at radius 2 is 1.67 bits per heavy atom. The Kier molecular flexibility index (Phi) is 10.2. The van der Waals surface area contributed by atoms with Crippen LogP contribution < -0.4 is 17.3 Å². The quantitative estimate of drug-likeness (QED) is 0.255. The van der Waals surface area contributed by atoms with Crippen LogP contribution in [0.15, 0.2) is 42.7 Å². The van der Waals surface area contributed by atoms with E-state index in [0.29, 0.717) is 19.7 Å². The molecule has 1 saturated heterocycles. The molecular weight excluding hydrogens is 462 g/mol. The maximum absolute atomic E-state index is 14.4. The fourth-order valence-electron chi connectivity index (χ4n) is 3.86. The first-order valence-electron chi connectivity index (χ1n) is 10.6. The van der Waals surface area contributed by atoms with E-state index in [9.17, 15) is 22.4 Å². The Bertz CT molecular complexity index is 933. The van der Waals surface area contributed by atoms with Crippen LogP contribution in [0.1, 0.15) is 30.9 Å². The topological polar surface area (TPSA) is 40.0 Å². The molecule has 9 heteroatoms. The van der Waals surface area contributed by atoms with Crippen molar-refractivity contribution in [3.63, 3.8) is 0 Å². The van der Waals surface area contributed by atoms with Gasteiger partial charge in [-0.3, -0.25) is 4.79 Å². The van der Waals surface area contributed by atoms with E-state index >= 15 is 0 Å². The highest BCUT2D eigenvalue weighted by Gasteiger charge is 2.29. The maximum Gasteiger partial charge on any atom is 0.314 e. The van der Waals surface area contributed by atoms with Crippen molar-refractivity contribution in [1.29, 1.82) is 0 Å². The van der Waals surface area contributed by atoms with Crippen molar-refractivity contribution in [2.75, 3.05) is 32.8 Å². The van der Waals surface area contributed by atoms with Gasteiger partial charge in [0.25, 0.3) is 0 Å². The first-order valence-corrected chi connectivity index (χ1v) is 10.6. The third kappa shape index (κ3) is 7.20. The van der Waals surface area contributed by atoms with Gasteiger partial charge in [0, 0.05) is 16.7 Å². The van der Waals surface area contributed by atoms with Gasteiger partial charge in [-0.05, 0) is 56.2 Å². The van der Waals surface area contributed by atoms with Crippen molar-refractivity contribution in [2.24, 2.45) is 5.92 Å². The molecule has 1 fully saturated rings. The number of carbonyl (C=O) groups is 1. The summed E-state index contributed by atoms with van der Waals surface area (Å²) in [5.74, 6) is -3.37. The molecule has 0 saturated carbocycles. The lowest BCUT2D eigenvalue weighted by Gasteiger charge is -2.28. The monoisotopic (exact) mass is 487 g/mol. The zero-order chi connectivity index (χ0) is 23.1. The Balaban J connectivity index is 0.00000385. The van der Waals surface area contributed by atoms with Crippen molar-refractivity contribution in [1.82, 2.24) is 0 Å². The van der Waals surface area contributed by atoms with Gasteiger partial charge in [-0.15, -0.1) is 0 Å². The number of piperidine rings is 1. The standard InChI is InChI=1S/C24H25F4NO3.ClH/c1-2-32-24(30)16-4-3-9-29(14-16)10-11-31-15-21(19-12-17(25)5-7-22(19)27)20-13-18(26)6-8-23(20)28;/h5-8,12-13,15-16H,2-4,9-11,14H2,1H3;1H/t16-;/m1./s1. The van der Waals surface area contributed by atoms with Crippen LogP contribution in [0.3, 0.4) is 0 Å². The lowest BCUT2D eigenvalue weighted by molar-refractivity contribution is -0.907. The number of benzene rings is 2. The zero-order valence-electron chi connectivity index (χ0n) is 18.2. The van der Waals surface area contributed by atoms with Gasteiger partial charge in [-0.2, -0.15) is 0 Å². The predicted molar refractivity (Wildman–Crippen MR) is 111 cm³/mol. The number of hydrogen-bond donors (Lipinski definition) is 1. The number of carbonyl (C=O) groups excluding carboxylic acids is 1. The maximum atomic E-state index is 14.4. The molecule has 1 N–H and O–H groups in total. The molecule has 2 atom stereocenters. The van der Waals surface area contributed by atoms with Gasteiger partial charge in [-0.25, -0.2) is 17.6 Å². The molecule has 1 aliphatic rings. The van der Waals surface area contributed by atoms with Crippen molar-refractivity contribution in [3.8, 4) is 0 Å². The fraction of sp³-hybridized carbons (Fsp3) is 0.375. The van der Waals surface area contributed by atoms with E-state index in [1.165, 1.54) is 0 Å². The SMILES string of the molecule is CCOC(=O)[C@@H]1CCC[NH+](CCOC=C(c2cc(F)ccc2F)c2cc(F)ccc2F)C1.[Cl-]. The molecule has 0 bridgehead atoms. The zero-order valence-corrected chi connectivity index (χ0v) is 18.9. The smallest absolute Gasteiger partial charge is 0.314 e. The summed E-state index contributed by atoms with van der Waals surface area (Å²) < 4.78 is 66.9. The Labute approximate surface area is 196 Å². The molecule has 2 aromatic rings. The summed E-state index contributed by atoms with van der Waals surface area (Å²) in [5.41, 5.74) is -0.568. The number of rotatable bonds is 8. The average Bonchev–Trinajstić information content (AvgIpc) is 2.78. The van der Waals surface area contributed by atoms with Crippen molar-refractivity contribution >= 4 is 11.5 Å². The summed E-state index contributed by atoms with van der Waals surface area (Å²) in [5, 5.41) is 0. The van der Waals surface area contributed by atoms with Crippen LogP contribution in [0.5, 0.6) is 0 Å². The van der Waals surface area contributed by atoms with E-state index in [2.05, 4.69) is 0 Å². The molecular formula is C24H26ClF4NO3. The van der Waals surface area contributed by atoms with Crippen LogP contribution in [0, 0.1) is 29.2 Å². The number of ether oxygens (including phenoxy) is 2. The van der Waals surface area contributed by atoms with Crippen LogP contribution in [-0.4, -0.2) is 38.8 Å². The van der Waals surface area contributed by atoms with Gasteiger partial charge in [-0.1, -0.05) is 0 Å². The van der Waals surface area contributed by atoms with Gasteiger partial charge < -0.3 is 26.8 Å². The van der Waals surface area contributed by atoms with E-state index in [4.69, 9.17) is 9.47 Å². The summed E-state index contributed by atoms with van der Waals surface area (Å²) in [4.78, 5) is 13.1. The fourth-order valence-corrected chi connectivity index (χ4v) is 3.86. The first kappa shape index (κ1) is 26.7. The highest BCUT2D eigenvalue weighted by Crippen LogP contribution is 2.29. The number of halogens is 5. The molecule has 0 aliphatic carbocycles. The number of likely N-dealkylation sites (tertiary alicyclic amines) is 1.